The minimum atomic E-state index is -0.229. The second-order valence-corrected chi connectivity index (χ2v) is 6.84. The number of nitrogens with two attached hydrogens (primary N) is 2. The van der Waals surface area contributed by atoms with Gasteiger partial charge in [0, 0.05) is 18.1 Å². The van der Waals surface area contributed by atoms with Gasteiger partial charge in [-0.3, -0.25) is 4.72 Å². The SMILES string of the molecule is C[C@@H](NS)C1CCC[C@@H](O[C@@H]2C(N)CC(N)CC2OI)O1. The van der Waals surface area contributed by atoms with Gasteiger partial charge in [-0.2, -0.15) is 0 Å². The number of ether oxygens (including phenoxy) is 2. The van der Waals surface area contributed by atoms with Crippen molar-refractivity contribution in [2.24, 2.45) is 11.5 Å². The molecule has 0 bridgehead atoms. The van der Waals surface area contributed by atoms with Crippen molar-refractivity contribution < 1.29 is 12.5 Å². The first kappa shape index (κ1) is 18.2. The molecule has 1 aliphatic heterocycles. The lowest BCUT2D eigenvalue weighted by Gasteiger charge is -2.41. The van der Waals surface area contributed by atoms with Crippen LogP contribution in [0, 0.1) is 0 Å². The first-order chi connectivity index (χ1) is 10.0. The molecule has 1 heterocycles. The number of hydrogen-bond donors (Lipinski definition) is 4. The van der Waals surface area contributed by atoms with Crippen molar-refractivity contribution >= 4 is 35.8 Å². The van der Waals surface area contributed by atoms with E-state index in [4.69, 9.17) is 24.0 Å². The van der Waals surface area contributed by atoms with E-state index in [0.29, 0.717) is 0 Å². The maximum atomic E-state index is 6.20. The number of nitrogens with one attached hydrogen (secondary N) is 1. The Balaban J connectivity index is 1.92. The highest BCUT2D eigenvalue weighted by Crippen LogP contribution is 2.29. The molecule has 8 heteroatoms. The predicted octanol–water partition coefficient (Wildman–Crippen LogP) is 1.27. The highest BCUT2D eigenvalue weighted by Gasteiger charge is 2.39. The van der Waals surface area contributed by atoms with Gasteiger partial charge in [0.25, 0.3) is 0 Å². The van der Waals surface area contributed by atoms with Crippen molar-refractivity contribution in [1.29, 1.82) is 0 Å². The highest BCUT2D eigenvalue weighted by atomic mass is 127. The van der Waals surface area contributed by atoms with Gasteiger partial charge in [-0.1, -0.05) is 12.8 Å². The van der Waals surface area contributed by atoms with E-state index in [-0.39, 0.29) is 42.7 Å². The van der Waals surface area contributed by atoms with Crippen LogP contribution in [0.25, 0.3) is 0 Å². The summed E-state index contributed by atoms with van der Waals surface area (Å²) in [4.78, 5) is 0. The van der Waals surface area contributed by atoms with Crippen molar-refractivity contribution in [2.75, 3.05) is 0 Å². The zero-order valence-corrected chi connectivity index (χ0v) is 15.3. The summed E-state index contributed by atoms with van der Waals surface area (Å²) >= 11 is 6.02. The second-order valence-electron chi connectivity index (χ2n) is 6.08. The van der Waals surface area contributed by atoms with E-state index < -0.39 is 0 Å². The molecule has 0 aromatic carbocycles. The van der Waals surface area contributed by atoms with E-state index >= 15 is 0 Å². The first-order valence-electron chi connectivity index (χ1n) is 7.54. The molecule has 124 valence electrons. The highest BCUT2D eigenvalue weighted by molar-refractivity contribution is 14.1. The van der Waals surface area contributed by atoms with Crippen molar-refractivity contribution in [2.45, 2.75) is 81.8 Å². The van der Waals surface area contributed by atoms with Gasteiger partial charge in [-0.05, 0) is 39.0 Å². The van der Waals surface area contributed by atoms with Gasteiger partial charge >= 0.3 is 0 Å². The maximum absolute atomic E-state index is 6.20. The Kier molecular flexibility index (Phi) is 7.47. The summed E-state index contributed by atoms with van der Waals surface area (Å²) in [5, 5.41) is 0. The molecule has 2 aliphatic rings. The minimum Gasteiger partial charge on any atom is -0.348 e. The fourth-order valence-electron chi connectivity index (χ4n) is 3.11. The molecule has 7 atom stereocenters. The molecule has 2 rings (SSSR count). The molecule has 1 saturated heterocycles. The maximum Gasteiger partial charge on any atom is 0.158 e. The molecule has 21 heavy (non-hydrogen) atoms. The van der Waals surface area contributed by atoms with Crippen LogP contribution < -0.4 is 16.2 Å². The third-order valence-electron chi connectivity index (χ3n) is 4.34. The zero-order valence-electron chi connectivity index (χ0n) is 12.3. The molecule has 1 saturated carbocycles. The fourth-order valence-corrected chi connectivity index (χ4v) is 3.77. The summed E-state index contributed by atoms with van der Waals surface area (Å²) < 4.78 is 20.6. The second kappa shape index (κ2) is 8.62. The van der Waals surface area contributed by atoms with Gasteiger partial charge in [-0.25, -0.2) is 0 Å². The summed E-state index contributed by atoms with van der Waals surface area (Å²) in [6, 6.07) is 0.149. The Hall–Kier alpha value is 0.840. The average molecular weight is 431 g/mol. The molecule has 0 aromatic rings. The van der Waals surface area contributed by atoms with Gasteiger partial charge in [-0.15, -0.1) is 0 Å². The van der Waals surface area contributed by atoms with Crippen LogP contribution in [0.3, 0.4) is 0 Å². The molecule has 0 radical (unpaired) electrons. The Morgan fingerprint density at radius 3 is 2.76 bits per heavy atom. The standard InChI is InChI=1S/C13H26IN3O3S/c1-7(17-21)10-3-2-4-12(18-10)19-13-9(16)5-8(15)6-11(13)20-14/h7-13,17,21H,2-6,15-16H2,1H3/t7-,8?,9?,10?,11?,12-,13-/m1/s1. The Morgan fingerprint density at radius 1 is 1.33 bits per heavy atom. The van der Waals surface area contributed by atoms with Gasteiger partial charge in [0.05, 0.1) is 12.2 Å². The summed E-state index contributed by atoms with van der Waals surface area (Å²) in [5.74, 6) is 0. The average Bonchev–Trinajstić information content (AvgIpc) is 2.49. The zero-order chi connectivity index (χ0) is 15.4. The lowest BCUT2D eigenvalue weighted by molar-refractivity contribution is -0.236. The molecular weight excluding hydrogens is 405 g/mol. The smallest absolute Gasteiger partial charge is 0.158 e. The van der Waals surface area contributed by atoms with Gasteiger partial charge in [0.1, 0.15) is 29.1 Å². The molecule has 4 unspecified atom stereocenters. The van der Waals surface area contributed by atoms with Crippen LogP contribution in [0.15, 0.2) is 0 Å². The van der Waals surface area contributed by atoms with E-state index in [2.05, 4.69) is 24.5 Å². The molecule has 6 nitrogen and oxygen atoms in total. The molecule has 1 aliphatic carbocycles. The summed E-state index contributed by atoms with van der Waals surface area (Å²) in [7, 11) is 0. The number of halogens is 1. The van der Waals surface area contributed by atoms with Crippen molar-refractivity contribution in [3.05, 3.63) is 0 Å². The molecular formula is C13H26IN3O3S. The normalized spacial score (nSPS) is 42.7. The van der Waals surface area contributed by atoms with Crippen LogP contribution in [0.2, 0.25) is 0 Å². The van der Waals surface area contributed by atoms with E-state index in [0.717, 1.165) is 32.1 Å². The van der Waals surface area contributed by atoms with Gasteiger partial charge in [0.2, 0.25) is 0 Å². The molecule has 0 aromatic heterocycles. The first-order valence-corrected chi connectivity index (χ1v) is 8.87. The van der Waals surface area contributed by atoms with E-state index in [1.165, 1.54) is 0 Å². The molecule has 0 amide bonds. The van der Waals surface area contributed by atoms with E-state index in [9.17, 15) is 0 Å². The monoisotopic (exact) mass is 431 g/mol. The summed E-state index contributed by atoms with van der Waals surface area (Å²) in [5.41, 5.74) is 12.2. The van der Waals surface area contributed by atoms with Crippen molar-refractivity contribution in [3.8, 4) is 0 Å². The van der Waals surface area contributed by atoms with Crippen LogP contribution in [-0.2, 0) is 12.5 Å². The lowest BCUT2D eigenvalue weighted by Crippen LogP contribution is -2.56. The largest absolute Gasteiger partial charge is 0.348 e. The third kappa shape index (κ3) is 4.90. The van der Waals surface area contributed by atoms with Crippen LogP contribution in [0.5, 0.6) is 0 Å². The minimum absolute atomic E-state index is 0.0752. The number of rotatable bonds is 5. The summed E-state index contributed by atoms with van der Waals surface area (Å²) in [6.07, 6.45) is 4.15. The Bertz CT molecular complexity index is 329. The Labute approximate surface area is 146 Å². The predicted molar refractivity (Wildman–Crippen MR) is 93.0 cm³/mol. The van der Waals surface area contributed by atoms with Gasteiger partial charge in [0.15, 0.2) is 6.29 Å². The quantitative estimate of drug-likeness (QED) is 0.387. The van der Waals surface area contributed by atoms with Crippen LogP contribution in [-0.4, -0.2) is 42.7 Å². The molecule has 2 fully saturated rings. The van der Waals surface area contributed by atoms with Crippen LogP contribution in [0.1, 0.15) is 39.0 Å². The number of hydrogen-bond acceptors (Lipinski definition) is 7. The fraction of sp³-hybridized carbons (Fsp3) is 1.00. The van der Waals surface area contributed by atoms with E-state index in [1.807, 2.05) is 23.0 Å². The summed E-state index contributed by atoms with van der Waals surface area (Å²) in [6.45, 7) is 2.06. The molecule has 5 N–H and O–H groups in total. The van der Waals surface area contributed by atoms with Crippen LogP contribution in [0.4, 0.5) is 0 Å². The Morgan fingerprint density at radius 2 is 2.10 bits per heavy atom. The van der Waals surface area contributed by atoms with Gasteiger partial charge < -0.3 is 24.0 Å². The number of thiol groups is 1. The van der Waals surface area contributed by atoms with Crippen LogP contribution >= 0.6 is 35.8 Å². The topological polar surface area (TPSA) is 91.8 Å². The van der Waals surface area contributed by atoms with E-state index in [1.54, 1.807) is 0 Å². The van der Waals surface area contributed by atoms with Crippen molar-refractivity contribution in [1.82, 2.24) is 4.72 Å². The van der Waals surface area contributed by atoms with Crippen molar-refractivity contribution in [3.63, 3.8) is 0 Å². The molecule has 0 spiro atoms. The third-order valence-corrected chi connectivity index (χ3v) is 5.40. The lowest BCUT2D eigenvalue weighted by atomic mass is 9.87.